The van der Waals surface area contributed by atoms with Crippen LogP contribution >= 0.6 is 0 Å². The fraction of sp³-hybridized carbons (Fsp3) is 0.571. The van der Waals surface area contributed by atoms with E-state index in [-0.39, 0.29) is 6.03 Å². The van der Waals surface area contributed by atoms with Crippen LogP contribution in [-0.4, -0.2) is 32.0 Å². The van der Waals surface area contributed by atoms with Crippen LogP contribution in [0.15, 0.2) is 4.99 Å². The number of urea groups is 2. The molecule has 0 aromatic carbocycles. The molecule has 0 aliphatic rings. The first-order valence-corrected chi connectivity index (χ1v) is 3.92. The van der Waals surface area contributed by atoms with E-state index in [4.69, 9.17) is 0 Å². The highest BCUT2D eigenvalue weighted by molar-refractivity contribution is 6.02. The summed E-state index contributed by atoms with van der Waals surface area (Å²) < 4.78 is 0. The summed E-state index contributed by atoms with van der Waals surface area (Å²) in [7, 11) is 2.96. The molecule has 74 valence electrons. The van der Waals surface area contributed by atoms with E-state index in [0.29, 0.717) is 12.3 Å². The molecule has 0 spiro atoms. The van der Waals surface area contributed by atoms with Gasteiger partial charge < -0.3 is 10.6 Å². The Hall–Kier alpha value is -1.59. The zero-order valence-electron chi connectivity index (χ0n) is 7.97. The number of carbonyl (C=O) groups excluding carboxylic acids is 2. The van der Waals surface area contributed by atoms with E-state index in [9.17, 15) is 9.59 Å². The van der Waals surface area contributed by atoms with Crippen LogP contribution in [0.4, 0.5) is 9.59 Å². The third kappa shape index (κ3) is 4.78. The standard InChI is InChI=1S/C7H14N4O2/c1-4-5(10-6(12)8-2)11-7(13)9-3/h4H2,1-3H3,(H3,8,9,10,11,12,13). The minimum absolute atomic E-state index is 0.332. The Morgan fingerprint density at radius 2 is 1.85 bits per heavy atom. The first kappa shape index (κ1) is 11.4. The Kier molecular flexibility index (Phi) is 5.25. The number of hydrogen-bond acceptors (Lipinski definition) is 2. The molecule has 3 N–H and O–H groups in total. The van der Waals surface area contributed by atoms with Crippen LogP contribution in [-0.2, 0) is 0 Å². The van der Waals surface area contributed by atoms with E-state index in [2.05, 4.69) is 20.9 Å². The molecule has 0 bridgehead atoms. The smallest absolute Gasteiger partial charge is 0.341 e. The minimum atomic E-state index is -0.478. The second kappa shape index (κ2) is 5.99. The van der Waals surface area contributed by atoms with Crippen molar-refractivity contribution in [3.05, 3.63) is 0 Å². The third-order valence-electron chi connectivity index (χ3n) is 1.27. The summed E-state index contributed by atoms with van der Waals surface area (Å²) in [6.07, 6.45) is 0.487. The number of nitrogens with one attached hydrogen (secondary N) is 3. The lowest BCUT2D eigenvalue weighted by molar-refractivity contribution is 0.247. The number of amides is 4. The largest absolute Gasteiger partial charge is 0.342 e. The summed E-state index contributed by atoms with van der Waals surface area (Å²) >= 11 is 0. The number of hydrogen-bond donors (Lipinski definition) is 3. The number of aliphatic imine (C=N–C) groups is 1. The van der Waals surface area contributed by atoms with Gasteiger partial charge in [0.1, 0.15) is 5.84 Å². The van der Waals surface area contributed by atoms with Crippen molar-refractivity contribution in [3.63, 3.8) is 0 Å². The minimum Gasteiger partial charge on any atom is -0.341 e. The van der Waals surface area contributed by atoms with Crippen molar-refractivity contribution in [1.29, 1.82) is 0 Å². The monoisotopic (exact) mass is 186 g/mol. The van der Waals surface area contributed by atoms with Crippen LogP contribution < -0.4 is 16.0 Å². The van der Waals surface area contributed by atoms with Crippen molar-refractivity contribution in [1.82, 2.24) is 16.0 Å². The predicted octanol–water partition coefficient (Wildman–Crippen LogP) is 0.0633. The fourth-order valence-corrected chi connectivity index (χ4v) is 0.567. The highest BCUT2D eigenvalue weighted by Gasteiger charge is 2.03. The van der Waals surface area contributed by atoms with Crippen LogP contribution in [0.25, 0.3) is 0 Å². The van der Waals surface area contributed by atoms with Gasteiger partial charge in [-0.05, 0) is 0 Å². The molecule has 0 aliphatic carbocycles. The molecular weight excluding hydrogens is 172 g/mol. The van der Waals surface area contributed by atoms with E-state index in [1.54, 1.807) is 6.92 Å². The van der Waals surface area contributed by atoms with Gasteiger partial charge in [0.2, 0.25) is 0 Å². The van der Waals surface area contributed by atoms with Gasteiger partial charge in [-0.25, -0.2) is 9.59 Å². The predicted molar refractivity (Wildman–Crippen MR) is 49.8 cm³/mol. The lowest BCUT2D eigenvalue weighted by Gasteiger charge is -2.04. The van der Waals surface area contributed by atoms with Crippen molar-refractivity contribution in [3.8, 4) is 0 Å². The highest BCUT2D eigenvalue weighted by Crippen LogP contribution is 1.83. The maximum atomic E-state index is 10.8. The Bertz CT molecular complexity index is 225. The number of rotatable bonds is 1. The van der Waals surface area contributed by atoms with Gasteiger partial charge in [0.05, 0.1) is 0 Å². The summed E-state index contributed by atoms with van der Waals surface area (Å²) in [6.45, 7) is 1.79. The fourth-order valence-electron chi connectivity index (χ4n) is 0.567. The molecule has 13 heavy (non-hydrogen) atoms. The van der Waals surface area contributed by atoms with Gasteiger partial charge >= 0.3 is 12.1 Å². The van der Waals surface area contributed by atoms with E-state index < -0.39 is 6.03 Å². The molecule has 6 heteroatoms. The molecule has 0 saturated heterocycles. The molecule has 0 saturated carbocycles. The highest BCUT2D eigenvalue weighted by atomic mass is 16.2. The van der Waals surface area contributed by atoms with Crippen LogP contribution in [0.5, 0.6) is 0 Å². The Morgan fingerprint density at radius 1 is 1.23 bits per heavy atom. The van der Waals surface area contributed by atoms with Gasteiger partial charge in [0, 0.05) is 20.5 Å². The molecule has 0 radical (unpaired) electrons. The quantitative estimate of drug-likeness (QED) is 0.400. The molecule has 0 aromatic rings. The zero-order chi connectivity index (χ0) is 10.3. The normalized spacial score (nSPS) is 10.5. The summed E-state index contributed by atoms with van der Waals surface area (Å²) in [5.41, 5.74) is 0. The van der Waals surface area contributed by atoms with Crippen LogP contribution in [0.1, 0.15) is 13.3 Å². The van der Waals surface area contributed by atoms with Crippen molar-refractivity contribution in [2.45, 2.75) is 13.3 Å². The van der Waals surface area contributed by atoms with Crippen molar-refractivity contribution in [2.24, 2.45) is 4.99 Å². The van der Waals surface area contributed by atoms with Gasteiger partial charge in [0.25, 0.3) is 0 Å². The van der Waals surface area contributed by atoms with Crippen molar-refractivity contribution in [2.75, 3.05) is 14.1 Å². The van der Waals surface area contributed by atoms with E-state index in [0.717, 1.165) is 0 Å². The molecule has 0 aliphatic heterocycles. The number of amidine groups is 1. The Labute approximate surface area is 76.8 Å². The summed E-state index contributed by atoms with van der Waals surface area (Å²) in [5.74, 6) is 0.332. The molecule has 0 fully saturated rings. The van der Waals surface area contributed by atoms with Gasteiger partial charge in [-0.3, -0.25) is 5.32 Å². The second-order valence-corrected chi connectivity index (χ2v) is 2.17. The van der Waals surface area contributed by atoms with E-state index >= 15 is 0 Å². The SMILES string of the molecule is CC/C(=N\C(=O)NC)NC(=O)NC. The van der Waals surface area contributed by atoms with E-state index in [1.165, 1.54) is 14.1 Å². The lowest BCUT2D eigenvalue weighted by Crippen LogP contribution is -2.38. The maximum Gasteiger partial charge on any atom is 0.342 e. The van der Waals surface area contributed by atoms with Crippen LogP contribution in [0, 0.1) is 0 Å². The Morgan fingerprint density at radius 3 is 2.23 bits per heavy atom. The van der Waals surface area contributed by atoms with Crippen molar-refractivity contribution < 1.29 is 9.59 Å². The number of carbonyl (C=O) groups is 2. The lowest BCUT2D eigenvalue weighted by atomic mass is 10.4. The van der Waals surface area contributed by atoms with Crippen molar-refractivity contribution >= 4 is 17.9 Å². The zero-order valence-corrected chi connectivity index (χ0v) is 7.97. The van der Waals surface area contributed by atoms with E-state index in [1.807, 2.05) is 0 Å². The summed E-state index contributed by atoms with van der Waals surface area (Å²) in [6, 6.07) is -0.863. The summed E-state index contributed by atoms with van der Waals surface area (Å²) in [4.78, 5) is 25.2. The van der Waals surface area contributed by atoms with Gasteiger partial charge in [-0.1, -0.05) is 6.92 Å². The van der Waals surface area contributed by atoms with Crippen LogP contribution in [0.2, 0.25) is 0 Å². The molecule has 0 rings (SSSR count). The average molecular weight is 186 g/mol. The molecular formula is C7H14N4O2. The maximum absolute atomic E-state index is 10.8. The second-order valence-electron chi connectivity index (χ2n) is 2.17. The molecule has 0 heterocycles. The molecule has 0 atom stereocenters. The van der Waals surface area contributed by atoms with Gasteiger partial charge in [0.15, 0.2) is 0 Å². The molecule has 6 nitrogen and oxygen atoms in total. The molecule has 4 amide bonds. The summed E-state index contributed by atoms with van der Waals surface area (Å²) in [5, 5.41) is 7.10. The molecule has 0 aromatic heterocycles. The first-order chi connectivity index (χ1) is 6.13. The third-order valence-corrected chi connectivity index (χ3v) is 1.27. The topological polar surface area (TPSA) is 82.6 Å². The van der Waals surface area contributed by atoms with Gasteiger partial charge in [-0.2, -0.15) is 4.99 Å². The number of nitrogens with zero attached hydrogens (tertiary/aromatic N) is 1. The average Bonchev–Trinajstić information content (AvgIpc) is 2.16. The van der Waals surface area contributed by atoms with Gasteiger partial charge in [-0.15, -0.1) is 0 Å². The Balaban J connectivity index is 4.25. The van der Waals surface area contributed by atoms with Crippen LogP contribution in [0.3, 0.4) is 0 Å². The first-order valence-electron chi connectivity index (χ1n) is 3.92. The molecule has 0 unspecified atom stereocenters.